The number of rotatable bonds is 7. The maximum Gasteiger partial charge on any atom is 0.0622 e. The molecule has 0 fully saturated rings. The van der Waals surface area contributed by atoms with Crippen LogP contribution in [0.1, 0.15) is 31.2 Å². The minimum absolute atomic E-state index is 0.446. The molecule has 1 N–H and O–H groups in total. The number of thiophene rings is 1. The first-order valence-corrected chi connectivity index (χ1v) is 6.87. The second kappa shape index (κ2) is 7.05. The molecule has 2 nitrogen and oxygen atoms in total. The van der Waals surface area contributed by atoms with Crippen LogP contribution in [0.3, 0.4) is 0 Å². The monoisotopic (exact) mass is 241 g/mol. The zero-order valence-corrected chi connectivity index (χ0v) is 11.6. The highest BCUT2D eigenvalue weighted by Gasteiger charge is 2.13. The van der Waals surface area contributed by atoms with E-state index in [0.29, 0.717) is 12.0 Å². The molecule has 1 rings (SSSR count). The molecule has 0 aliphatic heterocycles. The summed E-state index contributed by atoms with van der Waals surface area (Å²) in [6, 6.07) is 2.62. The number of hydrogen-bond acceptors (Lipinski definition) is 3. The van der Waals surface area contributed by atoms with Crippen molar-refractivity contribution in [1.82, 2.24) is 5.32 Å². The Hall–Kier alpha value is -0.380. The lowest BCUT2D eigenvalue weighted by Gasteiger charge is -2.22. The molecule has 0 bridgehead atoms. The maximum atomic E-state index is 5.50. The van der Waals surface area contributed by atoms with Gasteiger partial charge in [-0.1, -0.05) is 13.8 Å². The lowest BCUT2D eigenvalue weighted by molar-refractivity contribution is 0.108. The normalized spacial score (nSPS) is 13.3. The van der Waals surface area contributed by atoms with Crippen molar-refractivity contribution in [3.05, 3.63) is 21.9 Å². The molecular weight excluding hydrogens is 218 g/mol. The lowest BCUT2D eigenvalue weighted by atomic mass is 10.1. The van der Waals surface area contributed by atoms with Crippen LogP contribution in [0.5, 0.6) is 0 Å². The van der Waals surface area contributed by atoms with Gasteiger partial charge in [0.2, 0.25) is 0 Å². The molecule has 0 aliphatic rings. The van der Waals surface area contributed by atoms with E-state index in [4.69, 9.17) is 4.74 Å². The van der Waals surface area contributed by atoms with Gasteiger partial charge in [0, 0.05) is 24.1 Å². The highest BCUT2D eigenvalue weighted by molar-refractivity contribution is 7.10. The fourth-order valence-corrected chi connectivity index (χ4v) is 2.40. The van der Waals surface area contributed by atoms with E-state index < -0.39 is 0 Å². The van der Waals surface area contributed by atoms with Crippen LogP contribution in [-0.2, 0) is 11.3 Å². The van der Waals surface area contributed by atoms with E-state index in [1.165, 1.54) is 10.4 Å². The molecule has 1 aromatic heterocycles. The van der Waals surface area contributed by atoms with Crippen molar-refractivity contribution in [2.75, 3.05) is 13.2 Å². The molecule has 0 aliphatic carbocycles. The first-order valence-electron chi connectivity index (χ1n) is 5.99. The third-order valence-electron chi connectivity index (χ3n) is 2.80. The molecule has 0 saturated heterocycles. The summed E-state index contributed by atoms with van der Waals surface area (Å²) in [5.74, 6) is 0.604. The summed E-state index contributed by atoms with van der Waals surface area (Å²) in [6.07, 6.45) is 0. The molecule has 16 heavy (non-hydrogen) atoms. The summed E-state index contributed by atoms with van der Waals surface area (Å²) in [6.45, 7) is 11.2. The number of nitrogens with one attached hydrogen (secondary N) is 1. The van der Waals surface area contributed by atoms with Gasteiger partial charge in [-0.25, -0.2) is 0 Å². The fourth-order valence-electron chi connectivity index (χ4n) is 1.54. The number of hydrogen-bond donors (Lipinski definition) is 1. The third kappa shape index (κ3) is 4.24. The van der Waals surface area contributed by atoms with Gasteiger partial charge in [-0.2, -0.15) is 0 Å². The summed E-state index contributed by atoms with van der Waals surface area (Å²) in [5.41, 5.74) is 1.39. The van der Waals surface area contributed by atoms with Crippen molar-refractivity contribution in [2.24, 2.45) is 5.92 Å². The van der Waals surface area contributed by atoms with Crippen molar-refractivity contribution < 1.29 is 4.74 Å². The van der Waals surface area contributed by atoms with Crippen LogP contribution in [0.2, 0.25) is 0 Å². The van der Waals surface area contributed by atoms with Crippen LogP contribution in [0.25, 0.3) is 0 Å². The lowest BCUT2D eigenvalue weighted by Crippen LogP contribution is -2.37. The Kier molecular flexibility index (Phi) is 6.03. The fraction of sp³-hybridized carbons (Fsp3) is 0.692. The Balaban J connectivity index is 2.40. The van der Waals surface area contributed by atoms with Crippen molar-refractivity contribution in [2.45, 2.75) is 40.3 Å². The van der Waals surface area contributed by atoms with Crippen LogP contribution in [-0.4, -0.2) is 19.3 Å². The molecule has 92 valence electrons. The van der Waals surface area contributed by atoms with E-state index in [2.05, 4.69) is 37.5 Å². The van der Waals surface area contributed by atoms with E-state index >= 15 is 0 Å². The van der Waals surface area contributed by atoms with Gasteiger partial charge in [0.05, 0.1) is 6.61 Å². The molecule has 0 amide bonds. The predicted octanol–water partition coefficient (Wildman–Crippen LogP) is 3.21. The van der Waals surface area contributed by atoms with Crippen LogP contribution in [0, 0.1) is 12.8 Å². The van der Waals surface area contributed by atoms with Gasteiger partial charge in [0.1, 0.15) is 0 Å². The number of aryl methyl sites for hydroxylation is 1. The zero-order chi connectivity index (χ0) is 12.0. The van der Waals surface area contributed by atoms with E-state index in [0.717, 1.165) is 19.8 Å². The summed E-state index contributed by atoms with van der Waals surface area (Å²) in [5, 5.41) is 5.73. The van der Waals surface area contributed by atoms with Crippen molar-refractivity contribution in [3.8, 4) is 0 Å². The molecular formula is C13H23NOS. The molecule has 1 heterocycles. The average Bonchev–Trinajstić information content (AvgIpc) is 2.64. The minimum atomic E-state index is 0.446. The second-order valence-electron chi connectivity index (χ2n) is 4.42. The summed E-state index contributed by atoms with van der Waals surface area (Å²) in [4.78, 5) is 1.43. The smallest absolute Gasteiger partial charge is 0.0622 e. The minimum Gasteiger partial charge on any atom is -0.380 e. The van der Waals surface area contributed by atoms with Crippen LogP contribution in [0.15, 0.2) is 11.4 Å². The second-order valence-corrected chi connectivity index (χ2v) is 5.42. The maximum absolute atomic E-state index is 5.50. The van der Waals surface area contributed by atoms with E-state index in [1.807, 2.05) is 18.3 Å². The Morgan fingerprint density at radius 3 is 2.69 bits per heavy atom. The molecule has 0 saturated carbocycles. The van der Waals surface area contributed by atoms with Crippen molar-refractivity contribution >= 4 is 11.3 Å². The first-order chi connectivity index (χ1) is 7.65. The Bertz CT molecular complexity index is 296. The molecule has 1 unspecified atom stereocenters. The zero-order valence-electron chi connectivity index (χ0n) is 10.7. The first kappa shape index (κ1) is 13.7. The van der Waals surface area contributed by atoms with Crippen LogP contribution >= 0.6 is 11.3 Å². The SMILES string of the molecule is CCOCC(NCc1sccc1C)C(C)C. The van der Waals surface area contributed by atoms with Crippen molar-refractivity contribution in [3.63, 3.8) is 0 Å². The Morgan fingerprint density at radius 2 is 2.19 bits per heavy atom. The van der Waals surface area contributed by atoms with Gasteiger partial charge in [0.25, 0.3) is 0 Å². The standard InChI is InChI=1S/C13H23NOS/c1-5-15-9-12(10(2)3)14-8-13-11(4)6-7-16-13/h6-7,10,12,14H,5,8-9H2,1-4H3. The van der Waals surface area contributed by atoms with Gasteiger partial charge in [0.15, 0.2) is 0 Å². The molecule has 1 aromatic rings. The van der Waals surface area contributed by atoms with E-state index in [9.17, 15) is 0 Å². The van der Waals surface area contributed by atoms with Gasteiger partial charge >= 0.3 is 0 Å². The van der Waals surface area contributed by atoms with E-state index in [1.54, 1.807) is 0 Å². The molecule has 0 radical (unpaired) electrons. The summed E-state index contributed by atoms with van der Waals surface area (Å²) < 4.78 is 5.50. The quantitative estimate of drug-likeness (QED) is 0.791. The third-order valence-corrected chi connectivity index (χ3v) is 3.82. The van der Waals surface area contributed by atoms with Gasteiger partial charge in [-0.3, -0.25) is 0 Å². The molecule has 3 heteroatoms. The van der Waals surface area contributed by atoms with Crippen LogP contribution in [0.4, 0.5) is 0 Å². The molecule has 1 atom stereocenters. The van der Waals surface area contributed by atoms with E-state index in [-0.39, 0.29) is 0 Å². The summed E-state index contributed by atoms with van der Waals surface area (Å²) in [7, 11) is 0. The van der Waals surface area contributed by atoms with Crippen LogP contribution < -0.4 is 5.32 Å². The van der Waals surface area contributed by atoms with Gasteiger partial charge in [-0.05, 0) is 36.8 Å². The molecule has 0 aromatic carbocycles. The predicted molar refractivity (Wildman–Crippen MR) is 71.0 cm³/mol. The average molecular weight is 241 g/mol. The largest absolute Gasteiger partial charge is 0.380 e. The Morgan fingerprint density at radius 1 is 1.44 bits per heavy atom. The summed E-state index contributed by atoms with van der Waals surface area (Å²) >= 11 is 1.82. The van der Waals surface area contributed by atoms with Gasteiger partial charge in [-0.15, -0.1) is 11.3 Å². The van der Waals surface area contributed by atoms with Crippen molar-refractivity contribution in [1.29, 1.82) is 0 Å². The Labute approximate surface area is 103 Å². The van der Waals surface area contributed by atoms with Gasteiger partial charge < -0.3 is 10.1 Å². The molecule has 0 spiro atoms. The highest BCUT2D eigenvalue weighted by Crippen LogP contribution is 2.15. The number of ether oxygens (including phenoxy) is 1. The topological polar surface area (TPSA) is 21.3 Å². The highest BCUT2D eigenvalue weighted by atomic mass is 32.1.